The summed E-state index contributed by atoms with van der Waals surface area (Å²) in [6, 6.07) is 5.59. The van der Waals surface area contributed by atoms with E-state index >= 15 is 0 Å². The van der Waals surface area contributed by atoms with E-state index in [9.17, 15) is 0 Å². The molecule has 0 saturated carbocycles. The van der Waals surface area contributed by atoms with E-state index in [4.69, 9.17) is 10.9 Å². The van der Waals surface area contributed by atoms with Gasteiger partial charge in [-0.25, -0.2) is 4.98 Å². The van der Waals surface area contributed by atoms with Gasteiger partial charge in [0, 0.05) is 13.1 Å². The number of hydrogen-bond donors (Lipinski definition) is 2. The predicted molar refractivity (Wildman–Crippen MR) is 67.4 cm³/mol. The molecule has 0 radical (unpaired) electrons. The largest absolute Gasteiger partial charge is 0.409 e. The monoisotopic (exact) mass is 234 g/mol. The molecule has 1 aliphatic heterocycles. The topological polar surface area (TPSA) is 74.7 Å². The van der Waals surface area contributed by atoms with Crippen molar-refractivity contribution in [2.24, 2.45) is 16.8 Å². The fourth-order valence-electron chi connectivity index (χ4n) is 2.19. The fourth-order valence-corrected chi connectivity index (χ4v) is 2.19. The van der Waals surface area contributed by atoms with Crippen molar-refractivity contribution in [1.29, 1.82) is 0 Å². The van der Waals surface area contributed by atoms with E-state index in [1.807, 2.05) is 12.1 Å². The molecule has 3 N–H and O–H groups in total. The zero-order valence-corrected chi connectivity index (χ0v) is 10.0. The summed E-state index contributed by atoms with van der Waals surface area (Å²) in [4.78, 5) is 6.66. The average molecular weight is 234 g/mol. The molecule has 1 atom stereocenters. The van der Waals surface area contributed by atoms with Crippen molar-refractivity contribution in [3.05, 3.63) is 23.9 Å². The van der Waals surface area contributed by atoms with Crippen LogP contribution in [0.25, 0.3) is 0 Å². The van der Waals surface area contributed by atoms with Crippen LogP contribution in [0.3, 0.4) is 0 Å². The van der Waals surface area contributed by atoms with Gasteiger partial charge in [-0.1, -0.05) is 18.1 Å². The Labute approximate surface area is 101 Å². The van der Waals surface area contributed by atoms with Gasteiger partial charge in [-0.05, 0) is 30.9 Å². The van der Waals surface area contributed by atoms with Crippen LogP contribution in [0.15, 0.2) is 23.4 Å². The summed E-state index contributed by atoms with van der Waals surface area (Å²) < 4.78 is 0. The molecule has 1 aliphatic rings. The average Bonchev–Trinajstić information content (AvgIpc) is 2.38. The van der Waals surface area contributed by atoms with Crippen molar-refractivity contribution >= 4 is 11.7 Å². The van der Waals surface area contributed by atoms with Gasteiger partial charge in [0.2, 0.25) is 0 Å². The Morgan fingerprint density at radius 1 is 1.59 bits per heavy atom. The molecule has 1 aromatic rings. The first kappa shape index (κ1) is 11.7. The van der Waals surface area contributed by atoms with E-state index in [2.05, 4.69) is 22.0 Å². The number of aromatic nitrogens is 1. The molecule has 1 unspecified atom stereocenters. The molecule has 5 heteroatoms. The van der Waals surface area contributed by atoms with Crippen LogP contribution >= 0.6 is 0 Å². The van der Waals surface area contributed by atoms with Gasteiger partial charge < -0.3 is 15.8 Å². The Morgan fingerprint density at radius 3 is 3.12 bits per heavy atom. The zero-order valence-electron chi connectivity index (χ0n) is 10.0. The molecule has 1 aromatic heterocycles. The van der Waals surface area contributed by atoms with E-state index in [0.29, 0.717) is 11.6 Å². The quantitative estimate of drug-likeness (QED) is 0.351. The molecule has 0 bridgehead atoms. The molecule has 0 amide bonds. The molecule has 1 saturated heterocycles. The van der Waals surface area contributed by atoms with E-state index < -0.39 is 0 Å². The Kier molecular flexibility index (Phi) is 3.46. The number of rotatable bonds is 2. The van der Waals surface area contributed by atoms with Crippen molar-refractivity contribution in [2.75, 3.05) is 18.0 Å². The molecule has 92 valence electrons. The van der Waals surface area contributed by atoms with Crippen LogP contribution in [0, 0.1) is 5.92 Å². The van der Waals surface area contributed by atoms with Gasteiger partial charge in [-0.3, -0.25) is 0 Å². The normalized spacial score (nSPS) is 21.6. The van der Waals surface area contributed by atoms with Crippen LogP contribution in [0.5, 0.6) is 0 Å². The molecular weight excluding hydrogens is 216 g/mol. The van der Waals surface area contributed by atoms with Crippen molar-refractivity contribution in [1.82, 2.24) is 4.98 Å². The minimum absolute atomic E-state index is 0.0527. The summed E-state index contributed by atoms with van der Waals surface area (Å²) in [6.07, 6.45) is 2.47. The molecule has 2 heterocycles. The van der Waals surface area contributed by atoms with Crippen LogP contribution in [0.1, 0.15) is 25.5 Å². The van der Waals surface area contributed by atoms with E-state index in [0.717, 1.165) is 18.9 Å². The number of piperidine rings is 1. The lowest BCUT2D eigenvalue weighted by Crippen LogP contribution is -2.35. The van der Waals surface area contributed by atoms with Crippen LogP contribution in [-0.4, -0.2) is 29.1 Å². The third-order valence-electron chi connectivity index (χ3n) is 3.09. The van der Waals surface area contributed by atoms with Crippen molar-refractivity contribution in [2.45, 2.75) is 19.8 Å². The summed E-state index contributed by atoms with van der Waals surface area (Å²) in [7, 11) is 0. The predicted octanol–water partition coefficient (Wildman–Crippen LogP) is 1.41. The maximum absolute atomic E-state index is 8.64. The SMILES string of the molecule is CC1CCCN(c2cccc(C(N)=NO)n2)C1. The molecular formula is C12H18N4O. The fraction of sp³-hybridized carbons (Fsp3) is 0.500. The number of hydrogen-bond acceptors (Lipinski definition) is 4. The number of nitrogens with zero attached hydrogens (tertiary/aromatic N) is 3. The second kappa shape index (κ2) is 5.03. The number of oxime groups is 1. The number of pyridine rings is 1. The summed E-state index contributed by atoms with van der Waals surface area (Å²) in [5.41, 5.74) is 6.06. The molecule has 1 fully saturated rings. The standard InChI is InChI=1S/C12H18N4O/c1-9-4-3-7-16(8-9)11-6-2-5-10(14-11)12(13)15-17/h2,5-6,9,17H,3-4,7-8H2,1H3,(H2,13,15). The first-order valence-corrected chi connectivity index (χ1v) is 5.90. The van der Waals surface area contributed by atoms with Gasteiger partial charge in [-0.2, -0.15) is 0 Å². The van der Waals surface area contributed by atoms with Gasteiger partial charge in [0.05, 0.1) is 0 Å². The van der Waals surface area contributed by atoms with Crippen molar-refractivity contribution < 1.29 is 5.21 Å². The molecule has 2 rings (SSSR count). The lowest BCUT2D eigenvalue weighted by molar-refractivity contribution is 0.318. The van der Waals surface area contributed by atoms with Gasteiger partial charge in [0.15, 0.2) is 5.84 Å². The highest BCUT2D eigenvalue weighted by Crippen LogP contribution is 2.21. The van der Waals surface area contributed by atoms with Gasteiger partial charge in [-0.15, -0.1) is 0 Å². The first-order valence-electron chi connectivity index (χ1n) is 5.90. The Morgan fingerprint density at radius 2 is 2.41 bits per heavy atom. The molecule has 0 aliphatic carbocycles. The maximum atomic E-state index is 8.64. The highest BCUT2D eigenvalue weighted by atomic mass is 16.4. The molecule has 17 heavy (non-hydrogen) atoms. The number of amidine groups is 1. The molecule has 0 spiro atoms. The van der Waals surface area contributed by atoms with Crippen molar-refractivity contribution in [3.63, 3.8) is 0 Å². The van der Waals surface area contributed by atoms with Crippen LogP contribution in [0.4, 0.5) is 5.82 Å². The first-order chi connectivity index (χ1) is 8.20. The Hall–Kier alpha value is -1.78. The van der Waals surface area contributed by atoms with Gasteiger partial charge in [0.1, 0.15) is 11.5 Å². The lowest BCUT2D eigenvalue weighted by Gasteiger charge is -2.31. The minimum Gasteiger partial charge on any atom is -0.409 e. The minimum atomic E-state index is 0.0527. The smallest absolute Gasteiger partial charge is 0.188 e. The second-order valence-electron chi connectivity index (χ2n) is 4.56. The summed E-state index contributed by atoms with van der Waals surface area (Å²) in [5, 5.41) is 11.6. The van der Waals surface area contributed by atoms with Gasteiger partial charge >= 0.3 is 0 Å². The summed E-state index contributed by atoms with van der Waals surface area (Å²) >= 11 is 0. The summed E-state index contributed by atoms with van der Waals surface area (Å²) in [5.74, 6) is 1.65. The Balaban J connectivity index is 2.21. The molecule has 5 nitrogen and oxygen atoms in total. The number of nitrogens with two attached hydrogens (primary N) is 1. The number of anilines is 1. The van der Waals surface area contributed by atoms with E-state index in [-0.39, 0.29) is 5.84 Å². The highest BCUT2D eigenvalue weighted by Gasteiger charge is 2.17. The molecule has 0 aromatic carbocycles. The summed E-state index contributed by atoms with van der Waals surface area (Å²) in [6.45, 7) is 4.29. The third-order valence-corrected chi connectivity index (χ3v) is 3.09. The van der Waals surface area contributed by atoms with Crippen molar-refractivity contribution in [3.8, 4) is 0 Å². The Bertz CT molecular complexity index is 419. The van der Waals surface area contributed by atoms with Crippen LogP contribution < -0.4 is 10.6 Å². The highest BCUT2D eigenvalue weighted by molar-refractivity contribution is 5.95. The third kappa shape index (κ3) is 2.67. The van der Waals surface area contributed by atoms with Crippen LogP contribution in [0.2, 0.25) is 0 Å². The van der Waals surface area contributed by atoms with E-state index in [1.165, 1.54) is 12.8 Å². The van der Waals surface area contributed by atoms with Gasteiger partial charge in [0.25, 0.3) is 0 Å². The lowest BCUT2D eigenvalue weighted by atomic mass is 10.0. The van der Waals surface area contributed by atoms with E-state index in [1.54, 1.807) is 6.07 Å². The second-order valence-corrected chi connectivity index (χ2v) is 4.56. The zero-order chi connectivity index (χ0) is 12.3. The van der Waals surface area contributed by atoms with Crippen LogP contribution in [-0.2, 0) is 0 Å². The maximum Gasteiger partial charge on any atom is 0.188 e.